The average molecular weight is 439 g/mol. The van der Waals surface area contributed by atoms with Gasteiger partial charge in [-0.25, -0.2) is 4.79 Å². The molecule has 32 heavy (non-hydrogen) atoms. The molecule has 0 aromatic heterocycles. The fourth-order valence-corrected chi connectivity index (χ4v) is 4.38. The lowest BCUT2D eigenvalue weighted by Crippen LogP contribution is -2.34. The number of hydrogen-bond donors (Lipinski definition) is 2. The van der Waals surface area contributed by atoms with Crippen molar-refractivity contribution in [2.24, 2.45) is 0 Å². The number of aliphatic carboxylic acids is 1. The fourth-order valence-electron chi connectivity index (χ4n) is 4.38. The Balaban J connectivity index is 2.24. The van der Waals surface area contributed by atoms with Crippen molar-refractivity contribution < 1.29 is 24.5 Å². The SMILES string of the molecule is COc1ccc(/C=C/C(=O)O)cc1-c1cc2c(cc1OCCCO)C(C)(C)CCC2(C)C. The van der Waals surface area contributed by atoms with E-state index in [9.17, 15) is 9.90 Å². The summed E-state index contributed by atoms with van der Waals surface area (Å²) in [6, 6.07) is 9.98. The van der Waals surface area contributed by atoms with Crippen LogP contribution in [0.2, 0.25) is 0 Å². The topological polar surface area (TPSA) is 76.0 Å². The molecule has 0 unspecified atom stereocenters. The molecule has 1 aliphatic rings. The Bertz CT molecular complexity index is 1020. The van der Waals surface area contributed by atoms with Gasteiger partial charge in [0.2, 0.25) is 0 Å². The molecule has 2 N–H and O–H groups in total. The van der Waals surface area contributed by atoms with Crippen LogP contribution >= 0.6 is 0 Å². The minimum absolute atomic E-state index is 0.0251. The van der Waals surface area contributed by atoms with Crippen molar-refractivity contribution in [1.82, 2.24) is 0 Å². The molecule has 0 fully saturated rings. The van der Waals surface area contributed by atoms with Gasteiger partial charge in [-0.2, -0.15) is 0 Å². The average Bonchev–Trinajstić information content (AvgIpc) is 2.75. The second kappa shape index (κ2) is 9.37. The molecular weight excluding hydrogens is 404 g/mol. The zero-order valence-corrected chi connectivity index (χ0v) is 19.7. The van der Waals surface area contributed by atoms with Crippen LogP contribution in [0, 0.1) is 0 Å². The van der Waals surface area contributed by atoms with E-state index in [0.29, 0.717) is 18.8 Å². The quantitative estimate of drug-likeness (QED) is 0.416. The van der Waals surface area contributed by atoms with Crippen molar-refractivity contribution in [3.8, 4) is 22.6 Å². The molecule has 0 saturated heterocycles. The molecule has 2 aromatic carbocycles. The summed E-state index contributed by atoms with van der Waals surface area (Å²) in [5.74, 6) is 0.450. The maximum atomic E-state index is 11.0. The number of rotatable bonds is 8. The largest absolute Gasteiger partial charge is 0.496 e. The van der Waals surface area contributed by atoms with Gasteiger partial charge in [0.15, 0.2) is 0 Å². The normalized spacial score (nSPS) is 16.6. The molecule has 0 amide bonds. The first kappa shape index (κ1) is 23.9. The van der Waals surface area contributed by atoms with Crippen molar-refractivity contribution >= 4 is 12.0 Å². The molecule has 2 aromatic rings. The van der Waals surface area contributed by atoms with Crippen molar-refractivity contribution in [3.05, 3.63) is 53.1 Å². The van der Waals surface area contributed by atoms with Crippen LogP contribution in [0.15, 0.2) is 36.4 Å². The number of carbonyl (C=O) groups is 1. The Kier molecular flexibility index (Phi) is 6.99. The Morgan fingerprint density at radius 3 is 2.22 bits per heavy atom. The van der Waals surface area contributed by atoms with E-state index in [2.05, 4.69) is 39.8 Å². The number of aliphatic hydroxyl groups excluding tert-OH is 1. The third-order valence-corrected chi connectivity index (χ3v) is 6.45. The van der Waals surface area contributed by atoms with Gasteiger partial charge in [0.25, 0.3) is 0 Å². The molecule has 0 heterocycles. The number of carboxylic acids is 1. The van der Waals surface area contributed by atoms with Crippen molar-refractivity contribution in [2.45, 2.75) is 57.8 Å². The van der Waals surface area contributed by atoms with Crippen molar-refractivity contribution in [3.63, 3.8) is 0 Å². The summed E-state index contributed by atoms with van der Waals surface area (Å²) in [5, 5.41) is 18.3. The minimum atomic E-state index is -0.992. The summed E-state index contributed by atoms with van der Waals surface area (Å²) in [6.07, 6.45) is 5.44. The Morgan fingerprint density at radius 2 is 1.62 bits per heavy atom. The number of benzene rings is 2. The van der Waals surface area contributed by atoms with Crippen LogP contribution in [0.5, 0.6) is 11.5 Å². The standard InChI is InChI=1S/C27H34O5/c1-26(2)11-12-27(3,4)22-17-24(32-14-6-13-28)20(16-21(22)26)19-15-18(8-10-25(29)30)7-9-23(19)31-5/h7-10,15-17,28H,6,11-14H2,1-5H3,(H,29,30)/b10-8+. The van der Waals surface area contributed by atoms with E-state index in [4.69, 9.17) is 14.6 Å². The predicted octanol–water partition coefficient (Wildman–Crippen LogP) is 5.57. The van der Waals surface area contributed by atoms with E-state index in [1.807, 2.05) is 18.2 Å². The van der Waals surface area contributed by atoms with Crippen molar-refractivity contribution in [1.29, 1.82) is 0 Å². The number of fused-ring (bicyclic) bond motifs is 1. The second-order valence-electron chi connectivity index (χ2n) is 9.72. The van der Waals surface area contributed by atoms with Crippen molar-refractivity contribution in [2.75, 3.05) is 20.3 Å². The predicted molar refractivity (Wildman–Crippen MR) is 128 cm³/mol. The first-order chi connectivity index (χ1) is 15.1. The highest BCUT2D eigenvalue weighted by Crippen LogP contribution is 2.50. The smallest absolute Gasteiger partial charge is 0.328 e. The first-order valence-corrected chi connectivity index (χ1v) is 11.1. The first-order valence-electron chi connectivity index (χ1n) is 11.1. The van der Waals surface area contributed by atoms with Crippen LogP contribution in [-0.2, 0) is 15.6 Å². The van der Waals surface area contributed by atoms with E-state index in [0.717, 1.165) is 41.4 Å². The van der Waals surface area contributed by atoms with Gasteiger partial charge in [-0.3, -0.25) is 0 Å². The number of methoxy groups -OCH3 is 1. The van der Waals surface area contributed by atoms with E-state index in [1.165, 1.54) is 11.1 Å². The van der Waals surface area contributed by atoms with Crippen LogP contribution in [0.25, 0.3) is 17.2 Å². The molecule has 0 aliphatic heterocycles. The lowest BCUT2D eigenvalue weighted by molar-refractivity contribution is -0.131. The molecular formula is C27H34O5. The van der Waals surface area contributed by atoms with Crippen LogP contribution in [0.4, 0.5) is 0 Å². The fraction of sp³-hybridized carbons (Fsp3) is 0.444. The third-order valence-electron chi connectivity index (χ3n) is 6.45. The molecule has 0 saturated carbocycles. The summed E-state index contributed by atoms with van der Waals surface area (Å²) in [6.45, 7) is 9.58. The van der Waals surface area contributed by atoms with E-state index in [1.54, 1.807) is 13.2 Å². The van der Waals surface area contributed by atoms with Gasteiger partial charge in [0.1, 0.15) is 11.5 Å². The molecule has 5 heteroatoms. The number of hydrogen-bond acceptors (Lipinski definition) is 4. The number of aliphatic hydroxyl groups is 1. The molecule has 0 bridgehead atoms. The highest BCUT2D eigenvalue weighted by molar-refractivity contribution is 5.86. The molecule has 3 rings (SSSR count). The molecule has 1 aliphatic carbocycles. The van der Waals surface area contributed by atoms with Gasteiger partial charge in [-0.05, 0) is 70.7 Å². The molecule has 0 spiro atoms. The van der Waals surface area contributed by atoms with Gasteiger partial charge in [-0.15, -0.1) is 0 Å². The summed E-state index contributed by atoms with van der Waals surface area (Å²) in [7, 11) is 1.63. The van der Waals surface area contributed by atoms with E-state index in [-0.39, 0.29) is 17.4 Å². The van der Waals surface area contributed by atoms with Gasteiger partial charge >= 0.3 is 5.97 Å². The maximum absolute atomic E-state index is 11.0. The lowest BCUT2D eigenvalue weighted by Gasteiger charge is -2.42. The van der Waals surface area contributed by atoms with Crippen LogP contribution in [0.3, 0.4) is 0 Å². The highest BCUT2D eigenvalue weighted by Gasteiger charge is 2.38. The van der Waals surface area contributed by atoms with Crippen LogP contribution in [0.1, 0.15) is 63.6 Å². The van der Waals surface area contributed by atoms with Crippen LogP contribution < -0.4 is 9.47 Å². The highest BCUT2D eigenvalue weighted by atomic mass is 16.5. The van der Waals surface area contributed by atoms with Gasteiger partial charge in [0.05, 0.1) is 13.7 Å². The van der Waals surface area contributed by atoms with Gasteiger partial charge in [-0.1, -0.05) is 33.8 Å². The van der Waals surface area contributed by atoms with Gasteiger partial charge in [0, 0.05) is 30.2 Å². The van der Waals surface area contributed by atoms with E-state index >= 15 is 0 Å². The third kappa shape index (κ3) is 4.99. The molecule has 172 valence electrons. The molecule has 0 atom stereocenters. The minimum Gasteiger partial charge on any atom is -0.496 e. The van der Waals surface area contributed by atoms with Crippen LogP contribution in [-0.4, -0.2) is 36.5 Å². The monoisotopic (exact) mass is 438 g/mol. The maximum Gasteiger partial charge on any atom is 0.328 e. The van der Waals surface area contributed by atoms with E-state index < -0.39 is 5.97 Å². The Hall–Kier alpha value is -2.79. The number of ether oxygens (including phenoxy) is 2. The van der Waals surface area contributed by atoms with Gasteiger partial charge < -0.3 is 19.7 Å². The summed E-state index contributed by atoms with van der Waals surface area (Å²) >= 11 is 0. The summed E-state index contributed by atoms with van der Waals surface area (Å²) in [4.78, 5) is 11.0. The molecule has 0 radical (unpaired) electrons. The zero-order chi connectivity index (χ0) is 23.5. The lowest BCUT2D eigenvalue weighted by atomic mass is 9.62. The number of carboxylic acid groups (broad SMARTS) is 1. The zero-order valence-electron chi connectivity index (χ0n) is 19.7. The Morgan fingerprint density at radius 1 is 1.00 bits per heavy atom. The summed E-state index contributed by atoms with van der Waals surface area (Å²) in [5.41, 5.74) is 5.17. The summed E-state index contributed by atoms with van der Waals surface area (Å²) < 4.78 is 11.8. The second-order valence-corrected chi connectivity index (χ2v) is 9.72. The Labute approximate surface area is 190 Å². The molecule has 5 nitrogen and oxygen atoms in total.